The van der Waals surface area contributed by atoms with E-state index in [9.17, 15) is 9.28 Å². The summed E-state index contributed by atoms with van der Waals surface area (Å²) in [5, 5.41) is 1.83. The van der Waals surface area contributed by atoms with Crippen LogP contribution in [0, 0.1) is 0 Å². The van der Waals surface area contributed by atoms with Crippen LogP contribution >= 0.6 is 22.7 Å². The van der Waals surface area contributed by atoms with Crippen molar-refractivity contribution in [2.75, 3.05) is 0 Å². The Morgan fingerprint density at radius 3 is 2.35 bits per heavy atom. The Balaban J connectivity index is 1.63. The van der Waals surface area contributed by atoms with E-state index in [-0.39, 0.29) is 0 Å². The number of carbonyl (C=O) groups is 1. The Morgan fingerprint density at radius 1 is 0.769 bits per heavy atom. The Morgan fingerprint density at radius 2 is 1.50 bits per heavy atom. The van der Waals surface area contributed by atoms with Crippen molar-refractivity contribution in [3.63, 3.8) is 0 Å². The van der Waals surface area contributed by atoms with Gasteiger partial charge in [0.15, 0.2) is 6.29 Å². The maximum Gasteiger partial charge on any atom is 0.160 e. The van der Waals surface area contributed by atoms with Crippen LogP contribution in [0.1, 0.15) is 9.67 Å². The molecule has 2 aromatic carbocycles. The van der Waals surface area contributed by atoms with Crippen LogP contribution in [0.25, 0.3) is 42.0 Å². The molecule has 0 aliphatic heterocycles. The van der Waals surface area contributed by atoms with Crippen LogP contribution in [0.5, 0.6) is 0 Å². The van der Waals surface area contributed by atoms with Gasteiger partial charge in [0, 0.05) is 25.4 Å². The number of nitrogens with zero attached hydrogens (tertiary/aromatic N) is 1. The van der Waals surface area contributed by atoms with E-state index in [0.717, 1.165) is 46.9 Å². The van der Waals surface area contributed by atoms with Gasteiger partial charge in [0.1, 0.15) is 0 Å². The summed E-state index contributed by atoms with van der Waals surface area (Å²) in [6.07, 6.45) is 0.878. The molecule has 3 heterocycles. The predicted molar refractivity (Wildman–Crippen MR) is 108 cm³/mol. The maximum absolute atomic E-state index is 14.5. The second-order valence-corrected chi connectivity index (χ2v) is 8.21. The van der Waals surface area contributed by atoms with Gasteiger partial charge in [-0.25, -0.2) is 0 Å². The monoisotopic (exact) mass is 377 g/mol. The zero-order chi connectivity index (χ0) is 17.7. The van der Waals surface area contributed by atoms with E-state index < -0.39 is 0 Å². The molecule has 126 valence electrons. The summed E-state index contributed by atoms with van der Waals surface area (Å²) in [6, 6.07) is 21.3. The molecule has 0 unspecified atom stereocenters. The third kappa shape index (κ3) is 2.32. The number of rotatable bonds is 3. The minimum Gasteiger partial charge on any atom is -0.297 e. The van der Waals surface area contributed by atoms with Crippen molar-refractivity contribution >= 4 is 50.8 Å². The number of hydrogen-bond acceptors (Lipinski definition) is 3. The standard InChI is InChI=1S/C21H12FNOS2/c22-23-17-4-2-1-3-15(17)16-11-13(5-7-18(16)23)19-9-10-21(26-19)20-8-6-14(12-24)25-20/h1-12H. The fourth-order valence-corrected chi connectivity index (χ4v) is 5.17. The molecule has 0 saturated carbocycles. The van der Waals surface area contributed by atoms with E-state index in [1.165, 1.54) is 11.3 Å². The molecule has 5 aromatic rings. The number of carbonyl (C=O) groups excluding carboxylic acids is 1. The predicted octanol–water partition coefficient (Wildman–Crippen LogP) is 6.80. The highest BCUT2D eigenvalue weighted by Gasteiger charge is 2.13. The van der Waals surface area contributed by atoms with Gasteiger partial charge in [-0.1, -0.05) is 28.7 Å². The second kappa shape index (κ2) is 5.90. The summed E-state index contributed by atoms with van der Waals surface area (Å²) in [6.45, 7) is 0. The lowest BCUT2D eigenvalue weighted by molar-refractivity contribution is 0.112. The molecule has 0 aliphatic rings. The highest BCUT2D eigenvalue weighted by molar-refractivity contribution is 7.24. The Kier molecular flexibility index (Phi) is 3.51. The zero-order valence-corrected chi connectivity index (χ0v) is 15.1. The number of hydrogen-bond donors (Lipinski definition) is 0. The largest absolute Gasteiger partial charge is 0.297 e. The number of aromatic nitrogens is 1. The summed E-state index contributed by atoms with van der Waals surface area (Å²) in [7, 11) is 0. The van der Waals surface area contributed by atoms with Gasteiger partial charge < -0.3 is 0 Å². The van der Waals surface area contributed by atoms with Crippen LogP contribution in [-0.2, 0) is 0 Å². The van der Waals surface area contributed by atoms with Gasteiger partial charge in [-0.15, -0.1) is 22.7 Å². The summed E-state index contributed by atoms with van der Waals surface area (Å²) in [5.41, 5.74) is 2.24. The maximum atomic E-state index is 14.5. The minimum atomic E-state index is 0.584. The Bertz CT molecular complexity index is 1280. The SMILES string of the molecule is O=Cc1ccc(-c2ccc(-c3ccc4c(c3)c3ccccc3n4F)s2)s1. The van der Waals surface area contributed by atoms with E-state index >= 15 is 0 Å². The fraction of sp³-hybridized carbons (Fsp3) is 0. The Hall–Kier alpha value is -2.76. The lowest BCUT2D eigenvalue weighted by Crippen LogP contribution is -1.80. The van der Waals surface area contributed by atoms with Crippen molar-refractivity contribution < 1.29 is 9.28 Å². The molecule has 2 nitrogen and oxygen atoms in total. The van der Waals surface area contributed by atoms with Gasteiger partial charge >= 0.3 is 0 Å². The van der Waals surface area contributed by atoms with Crippen LogP contribution < -0.4 is 0 Å². The smallest absolute Gasteiger partial charge is 0.160 e. The van der Waals surface area contributed by atoms with Crippen LogP contribution in [-0.4, -0.2) is 11.1 Å². The molecule has 0 atom stereocenters. The van der Waals surface area contributed by atoms with Crippen LogP contribution in [0.15, 0.2) is 66.7 Å². The van der Waals surface area contributed by atoms with Gasteiger partial charge in [0.2, 0.25) is 0 Å². The molecule has 0 amide bonds. The first-order valence-corrected chi connectivity index (χ1v) is 9.73. The molecule has 0 saturated heterocycles. The molecular formula is C21H12FNOS2. The molecule has 0 radical (unpaired) electrons. The number of aldehydes is 1. The summed E-state index contributed by atoms with van der Waals surface area (Å²) >= 11 is 3.17. The van der Waals surface area contributed by atoms with E-state index in [4.69, 9.17) is 0 Å². The molecule has 0 bridgehead atoms. The van der Waals surface area contributed by atoms with E-state index in [0.29, 0.717) is 11.0 Å². The van der Waals surface area contributed by atoms with Gasteiger partial charge in [-0.2, -0.15) is 4.79 Å². The van der Waals surface area contributed by atoms with Gasteiger partial charge in [-0.05, 0) is 48.0 Å². The van der Waals surface area contributed by atoms with Gasteiger partial charge in [0.25, 0.3) is 0 Å². The molecule has 5 heteroatoms. The number of fused-ring (bicyclic) bond motifs is 3. The zero-order valence-electron chi connectivity index (χ0n) is 13.5. The normalized spacial score (nSPS) is 11.4. The quantitative estimate of drug-likeness (QED) is 0.317. The van der Waals surface area contributed by atoms with Crippen molar-refractivity contribution in [2.45, 2.75) is 0 Å². The highest BCUT2D eigenvalue weighted by atomic mass is 32.1. The molecule has 5 rings (SSSR count). The van der Waals surface area contributed by atoms with Crippen molar-refractivity contribution in [2.24, 2.45) is 0 Å². The molecule has 26 heavy (non-hydrogen) atoms. The van der Waals surface area contributed by atoms with Gasteiger partial charge in [-0.3, -0.25) is 4.79 Å². The number of benzene rings is 2. The first-order chi connectivity index (χ1) is 12.7. The number of para-hydroxylation sites is 1. The van der Waals surface area contributed by atoms with Crippen molar-refractivity contribution in [3.05, 3.63) is 71.6 Å². The van der Waals surface area contributed by atoms with Crippen molar-refractivity contribution in [3.8, 4) is 20.2 Å². The third-order valence-electron chi connectivity index (χ3n) is 4.49. The lowest BCUT2D eigenvalue weighted by Gasteiger charge is -1.99. The molecule has 0 aliphatic carbocycles. The molecule has 3 aromatic heterocycles. The van der Waals surface area contributed by atoms with Crippen LogP contribution in [0.4, 0.5) is 4.48 Å². The van der Waals surface area contributed by atoms with E-state index in [2.05, 4.69) is 18.2 Å². The number of thiophene rings is 2. The van der Waals surface area contributed by atoms with Crippen molar-refractivity contribution in [1.82, 2.24) is 4.79 Å². The average Bonchev–Trinajstić information content (AvgIpc) is 3.40. The Labute approximate surface area is 156 Å². The minimum absolute atomic E-state index is 0.584. The second-order valence-electron chi connectivity index (χ2n) is 6.01. The first-order valence-electron chi connectivity index (χ1n) is 8.09. The fourth-order valence-electron chi connectivity index (χ4n) is 3.25. The summed E-state index contributed by atoms with van der Waals surface area (Å²) < 4.78 is 14.5. The van der Waals surface area contributed by atoms with Gasteiger partial charge in [0.05, 0.1) is 15.9 Å². The number of halogens is 1. The van der Waals surface area contributed by atoms with Crippen LogP contribution in [0.2, 0.25) is 0 Å². The van der Waals surface area contributed by atoms with E-state index in [1.807, 2.05) is 42.5 Å². The molecule has 0 fully saturated rings. The average molecular weight is 377 g/mol. The molecule has 0 N–H and O–H groups in total. The summed E-state index contributed by atoms with van der Waals surface area (Å²) in [5.74, 6) is 0. The van der Waals surface area contributed by atoms with Crippen LogP contribution in [0.3, 0.4) is 0 Å². The third-order valence-corrected chi connectivity index (χ3v) is 6.83. The lowest BCUT2D eigenvalue weighted by atomic mass is 10.1. The summed E-state index contributed by atoms with van der Waals surface area (Å²) in [4.78, 5) is 15.7. The first kappa shape index (κ1) is 15.5. The highest BCUT2D eigenvalue weighted by Crippen LogP contribution is 2.39. The van der Waals surface area contributed by atoms with E-state index in [1.54, 1.807) is 17.4 Å². The topological polar surface area (TPSA) is 22.0 Å². The van der Waals surface area contributed by atoms with Crippen molar-refractivity contribution in [1.29, 1.82) is 0 Å². The molecular weight excluding hydrogens is 365 g/mol. The molecule has 0 spiro atoms.